The predicted molar refractivity (Wildman–Crippen MR) is 105 cm³/mol. The van der Waals surface area contributed by atoms with E-state index in [1.807, 2.05) is 30.3 Å². The first kappa shape index (κ1) is 19.4. The zero-order valence-electron chi connectivity index (χ0n) is 13.9. The lowest BCUT2D eigenvalue weighted by Crippen LogP contribution is -2.28. The van der Waals surface area contributed by atoms with Crippen molar-refractivity contribution < 1.29 is 9.53 Å². The molecule has 0 atom stereocenters. The van der Waals surface area contributed by atoms with Crippen LogP contribution in [0.5, 0.6) is 0 Å². The van der Waals surface area contributed by atoms with Gasteiger partial charge in [-0.05, 0) is 17.7 Å². The molecule has 3 rings (SSSR count). The maximum atomic E-state index is 12.5. The molecule has 0 fully saturated rings. The van der Waals surface area contributed by atoms with Gasteiger partial charge in [0.25, 0.3) is 5.56 Å². The van der Waals surface area contributed by atoms with Gasteiger partial charge in [-0.2, -0.15) is 0 Å². The Balaban J connectivity index is 1.92. The maximum Gasteiger partial charge on any atom is 0.326 e. The van der Waals surface area contributed by atoms with Crippen LogP contribution in [0, 0.1) is 0 Å². The molecule has 0 amide bonds. The number of rotatable bonds is 5. The summed E-state index contributed by atoms with van der Waals surface area (Å²) in [4.78, 5) is 28.6. The summed E-state index contributed by atoms with van der Waals surface area (Å²) in [7, 11) is 0. The van der Waals surface area contributed by atoms with Crippen molar-refractivity contribution in [1.82, 2.24) is 9.55 Å². The van der Waals surface area contributed by atoms with Gasteiger partial charge in [0.05, 0.1) is 5.69 Å². The number of ether oxygens (including phenoxy) is 1. The van der Waals surface area contributed by atoms with E-state index in [2.05, 4.69) is 4.98 Å². The molecule has 1 heterocycles. The van der Waals surface area contributed by atoms with Crippen LogP contribution in [0.25, 0.3) is 11.3 Å². The van der Waals surface area contributed by atoms with Crippen LogP contribution in [0.4, 0.5) is 0 Å². The summed E-state index contributed by atoms with van der Waals surface area (Å²) in [5, 5.41) is 0.100. The van der Waals surface area contributed by atoms with Gasteiger partial charge >= 0.3 is 5.97 Å². The smallest absolute Gasteiger partial charge is 0.326 e. The molecule has 0 N–H and O–H groups in total. The average molecular weight is 424 g/mol. The molecule has 0 spiro atoms. The van der Waals surface area contributed by atoms with Crippen molar-refractivity contribution in [1.29, 1.82) is 0 Å². The van der Waals surface area contributed by atoms with E-state index in [0.29, 0.717) is 10.6 Å². The second-order valence-electron chi connectivity index (χ2n) is 5.59. The SMILES string of the molecule is O=C(Cn1c(-c2cccc(Cl)c2)c(Cl)nc(Cl)c1=O)OCc1ccccc1. The fourth-order valence-corrected chi connectivity index (χ4v) is 3.20. The Hall–Kier alpha value is -2.34. The molecular formula is C19H13Cl3N2O3. The van der Waals surface area contributed by atoms with Gasteiger partial charge in [0.15, 0.2) is 10.3 Å². The number of carbonyl (C=O) groups is 1. The normalized spacial score (nSPS) is 10.6. The topological polar surface area (TPSA) is 61.2 Å². The summed E-state index contributed by atoms with van der Waals surface area (Å²) in [5.41, 5.74) is 0.960. The molecular weight excluding hydrogens is 411 g/mol. The van der Waals surface area contributed by atoms with Gasteiger partial charge in [-0.3, -0.25) is 14.2 Å². The van der Waals surface area contributed by atoms with E-state index >= 15 is 0 Å². The summed E-state index contributed by atoms with van der Waals surface area (Å²) in [6, 6.07) is 15.9. The highest BCUT2D eigenvalue weighted by Crippen LogP contribution is 2.28. The molecule has 0 bridgehead atoms. The summed E-state index contributed by atoms with van der Waals surface area (Å²) in [5.74, 6) is -0.609. The zero-order chi connectivity index (χ0) is 19.4. The monoisotopic (exact) mass is 422 g/mol. The van der Waals surface area contributed by atoms with Crippen molar-refractivity contribution in [3.63, 3.8) is 0 Å². The van der Waals surface area contributed by atoms with Crippen LogP contribution in [0.1, 0.15) is 5.56 Å². The minimum atomic E-state index is -0.646. The minimum Gasteiger partial charge on any atom is -0.459 e. The first-order chi connectivity index (χ1) is 13.0. The Morgan fingerprint density at radius 3 is 2.44 bits per heavy atom. The Morgan fingerprint density at radius 2 is 1.74 bits per heavy atom. The van der Waals surface area contributed by atoms with Gasteiger partial charge in [0.1, 0.15) is 13.2 Å². The molecule has 0 unspecified atom stereocenters. The van der Waals surface area contributed by atoms with Gasteiger partial charge in [0.2, 0.25) is 0 Å². The third-order valence-corrected chi connectivity index (χ3v) is 4.46. The van der Waals surface area contributed by atoms with Gasteiger partial charge in [-0.25, -0.2) is 4.98 Å². The summed E-state index contributed by atoms with van der Waals surface area (Å²) in [6.07, 6.45) is 0. The van der Waals surface area contributed by atoms with E-state index in [9.17, 15) is 9.59 Å². The fourth-order valence-electron chi connectivity index (χ4n) is 2.49. The van der Waals surface area contributed by atoms with Crippen LogP contribution in [0.2, 0.25) is 15.3 Å². The highest BCUT2D eigenvalue weighted by atomic mass is 35.5. The van der Waals surface area contributed by atoms with Gasteiger partial charge in [-0.15, -0.1) is 0 Å². The summed E-state index contributed by atoms with van der Waals surface area (Å²) >= 11 is 18.1. The van der Waals surface area contributed by atoms with Crippen LogP contribution in [0.3, 0.4) is 0 Å². The number of hydrogen-bond donors (Lipinski definition) is 0. The summed E-state index contributed by atoms with van der Waals surface area (Å²) in [6.45, 7) is -0.275. The van der Waals surface area contributed by atoms with Crippen LogP contribution in [-0.2, 0) is 22.7 Å². The van der Waals surface area contributed by atoms with Crippen molar-refractivity contribution in [3.05, 3.63) is 85.8 Å². The highest BCUT2D eigenvalue weighted by molar-refractivity contribution is 6.34. The Kier molecular flexibility index (Phi) is 6.16. The molecule has 8 heteroatoms. The lowest BCUT2D eigenvalue weighted by molar-refractivity contribution is -0.145. The molecule has 3 aromatic rings. The van der Waals surface area contributed by atoms with Crippen molar-refractivity contribution in [2.75, 3.05) is 0 Å². The number of aromatic nitrogens is 2. The number of esters is 1. The number of nitrogens with zero attached hydrogens (tertiary/aromatic N) is 2. The number of halogens is 3. The molecule has 0 radical (unpaired) electrons. The Labute approximate surface area is 170 Å². The molecule has 0 saturated heterocycles. The molecule has 2 aromatic carbocycles. The quantitative estimate of drug-likeness (QED) is 0.562. The molecule has 27 heavy (non-hydrogen) atoms. The Morgan fingerprint density at radius 1 is 1.00 bits per heavy atom. The lowest BCUT2D eigenvalue weighted by atomic mass is 10.1. The third-order valence-electron chi connectivity index (χ3n) is 3.71. The van der Waals surface area contributed by atoms with E-state index in [-0.39, 0.29) is 29.2 Å². The number of hydrogen-bond acceptors (Lipinski definition) is 4. The number of carbonyl (C=O) groups excluding carboxylic acids is 1. The second-order valence-corrected chi connectivity index (χ2v) is 6.74. The van der Waals surface area contributed by atoms with Crippen LogP contribution in [0.15, 0.2) is 59.4 Å². The second kappa shape index (κ2) is 8.57. The van der Waals surface area contributed by atoms with Gasteiger partial charge < -0.3 is 4.74 Å². The standard InChI is InChI=1S/C19H13Cl3N2O3/c20-14-8-4-7-13(9-14)16-17(21)23-18(22)19(26)24(16)10-15(25)27-11-12-5-2-1-3-6-12/h1-9H,10-11H2. The molecule has 0 aliphatic rings. The molecule has 0 saturated carbocycles. The van der Waals surface area contributed by atoms with Crippen molar-refractivity contribution in [3.8, 4) is 11.3 Å². The van der Waals surface area contributed by atoms with Crippen molar-refractivity contribution >= 4 is 40.8 Å². The highest BCUT2D eigenvalue weighted by Gasteiger charge is 2.19. The van der Waals surface area contributed by atoms with Gasteiger partial charge in [0, 0.05) is 10.6 Å². The van der Waals surface area contributed by atoms with E-state index in [4.69, 9.17) is 39.5 Å². The van der Waals surface area contributed by atoms with Crippen LogP contribution < -0.4 is 5.56 Å². The Bertz CT molecular complexity index is 1040. The first-order valence-corrected chi connectivity index (χ1v) is 9.00. The van der Waals surface area contributed by atoms with Crippen LogP contribution >= 0.6 is 34.8 Å². The first-order valence-electron chi connectivity index (χ1n) is 7.87. The van der Waals surface area contributed by atoms with Gasteiger partial charge in [-0.1, -0.05) is 77.3 Å². The average Bonchev–Trinajstić information content (AvgIpc) is 2.65. The molecule has 0 aliphatic carbocycles. The van der Waals surface area contributed by atoms with E-state index < -0.39 is 11.5 Å². The number of benzene rings is 2. The van der Waals surface area contributed by atoms with Crippen molar-refractivity contribution in [2.45, 2.75) is 13.2 Å². The molecule has 5 nitrogen and oxygen atoms in total. The van der Waals surface area contributed by atoms with E-state index in [1.54, 1.807) is 24.3 Å². The predicted octanol–water partition coefficient (Wildman–Crippen LogP) is 4.61. The molecule has 0 aliphatic heterocycles. The maximum absolute atomic E-state index is 12.5. The fraction of sp³-hybridized carbons (Fsp3) is 0.105. The van der Waals surface area contributed by atoms with E-state index in [0.717, 1.165) is 10.1 Å². The largest absolute Gasteiger partial charge is 0.459 e. The molecule has 138 valence electrons. The van der Waals surface area contributed by atoms with Crippen molar-refractivity contribution in [2.24, 2.45) is 0 Å². The summed E-state index contributed by atoms with van der Waals surface area (Å²) < 4.78 is 6.39. The molecule has 1 aromatic heterocycles. The van der Waals surface area contributed by atoms with E-state index in [1.165, 1.54) is 0 Å². The lowest BCUT2D eigenvalue weighted by Gasteiger charge is -2.14. The van der Waals surface area contributed by atoms with Crippen LogP contribution in [-0.4, -0.2) is 15.5 Å². The zero-order valence-corrected chi connectivity index (χ0v) is 16.1. The third kappa shape index (κ3) is 4.69. The minimum absolute atomic E-state index is 0.0160.